The van der Waals surface area contributed by atoms with E-state index in [1.807, 2.05) is 17.5 Å². The Morgan fingerprint density at radius 2 is 2.24 bits per heavy atom. The molecule has 1 N–H and O–H groups in total. The normalized spacial score (nSPS) is 28.8. The smallest absolute Gasteiger partial charge is 0.0925 e. The average Bonchev–Trinajstić information content (AvgIpc) is 2.93. The quantitative estimate of drug-likeness (QED) is 0.866. The van der Waals surface area contributed by atoms with Crippen LogP contribution >= 0.6 is 11.3 Å². The molecule has 1 saturated carbocycles. The molecule has 1 aliphatic rings. The number of thiazole rings is 1. The lowest BCUT2D eigenvalue weighted by Gasteiger charge is -2.20. The molecule has 2 rings (SSSR count). The number of hydrogen-bond acceptors (Lipinski definition) is 3. The third-order valence-corrected chi connectivity index (χ3v) is 5.34. The first-order chi connectivity index (χ1) is 8.24. The molecule has 17 heavy (non-hydrogen) atoms. The average molecular weight is 252 g/mol. The Labute approximate surface area is 109 Å². The van der Waals surface area contributed by atoms with Crippen LogP contribution in [0.25, 0.3) is 0 Å². The molecule has 1 aromatic heterocycles. The lowest BCUT2D eigenvalue weighted by atomic mass is 9.93. The van der Waals surface area contributed by atoms with E-state index in [0.29, 0.717) is 6.04 Å². The third-order valence-electron chi connectivity index (χ3n) is 4.19. The summed E-state index contributed by atoms with van der Waals surface area (Å²) in [7, 11) is 0. The first-order valence-electron chi connectivity index (χ1n) is 6.91. The molecule has 1 aromatic rings. The highest BCUT2D eigenvalue weighted by Gasteiger charge is 2.30. The van der Waals surface area contributed by atoms with Crippen molar-refractivity contribution in [1.29, 1.82) is 0 Å². The van der Waals surface area contributed by atoms with Crippen molar-refractivity contribution in [2.75, 3.05) is 0 Å². The summed E-state index contributed by atoms with van der Waals surface area (Å²) in [6.45, 7) is 7.90. The van der Waals surface area contributed by atoms with E-state index < -0.39 is 0 Å². The largest absolute Gasteiger partial charge is 0.309 e. The van der Waals surface area contributed by atoms with Crippen LogP contribution in [0, 0.1) is 11.8 Å². The van der Waals surface area contributed by atoms with Gasteiger partial charge in [0.05, 0.1) is 5.01 Å². The summed E-state index contributed by atoms with van der Waals surface area (Å²) in [5.74, 6) is 1.76. The molecule has 0 aromatic carbocycles. The minimum Gasteiger partial charge on any atom is -0.309 e. The molecule has 3 atom stereocenters. The maximum absolute atomic E-state index is 4.41. The Balaban J connectivity index is 1.82. The Kier molecular flexibility index (Phi) is 4.57. The van der Waals surface area contributed by atoms with Crippen LogP contribution in [0.15, 0.2) is 6.20 Å². The molecule has 3 unspecified atom stereocenters. The fourth-order valence-electron chi connectivity index (χ4n) is 2.94. The van der Waals surface area contributed by atoms with Crippen LogP contribution in [-0.4, -0.2) is 11.0 Å². The SMILES string of the molecule is CCc1ncc(CNC2CCC(CC)C2C)s1. The van der Waals surface area contributed by atoms with Gasteiger partial charge in [-0.3, -0.25) is 0 Å². The van der Waals surface area contributed by atoms with Gasteiger partial charge in [0.1, 0.15) is 0 Å². The highest BCUT2D eigenvalue weighted by Crippen LogP contribution is 2.34. The van der Waals surface area contributed by atoms with Gasteiger partial charge in [-0.15, -0.1) is 11.3 Å². The third kappa shape index (κ3) is 3.08. The monoisotopic (exact) mass is 252 g/mol. The molecule has 96 valence electrons. The summed E-state index contributed by atoms with van der Waals surface area (Å²) in [4.78, 5) is 5.79. The Bertz CT molecular complexity index is 348. The first-order valence-corrected chi connectivity index (χ1v) is 7.73. The molecule has 0 amide bonds. The second-order valence-corrected chi connectivity index (χ2v) is 6.37. The molecule has 3 heteroatoms. The molecule has 0 aliphatic heterocycles. The number of rotatable bonds is 5. The molecule has 0 spiro atoms. The zero-order valence-electron chi connectivity index (χ0n) is 11.2. The zero-order chi connectivity index (χ0) is 12.3. The molecule has 0 radical (unpaired) electrons. The molecule has 0 saturated heterocycles. The van der Waals surface area contributed by atoms with Gasteiger partial charge < -0.3 is 5.32 Å². The van der Waals surface area contributed by atoms with Crippen LogP contribution in [0.4, 0.5) is 0 Å². The molecule has 0 bridgehead atoms. The van der Waals surface area contributed by atoms with Gasteiger partial charge >= 0.3 is 0 Å². The number of nitrogens with zero attached hydrogens (tertiary/aromatic N) is 1. The van der Waals surface area contributed by atoms with Gasteiger partial charge in [-0.05, 0) is 31.1 Å². The number of hydrogen-bond donors (Lipinski definition) is 1. The van der Waals surface area contributed by atoms with E-state index in [9.17, 15) is 0 Å². The molecule has 2 nitrogen and oxygen atoms in total. The van der Waals surface area contributed by atoms with Crippen LogP contribution in [0.3, 0.4) is 0 Å². The van der Waals surface area contributed by atoms with Crippen LogP contribution in [0.5, 0.6) is 0 Å². The van der Waals surface area contributed by atoms with Gasteiger partial charge in [0.15, 0.2) is 0 Å². The summed E-state index contributed by atoms with van der Waals surface area (Å²) in [5, 5.41) is 4.98. The van der Waals surface area contributed by atoms with Crippen LogP contribution in [-0.2, 0) is 13.0 Å². The standard InChI is InChI=1S/C14H24N2S/c1-4-11-6-7-13(10(11)3)15-8-12-9-16-14(5-2)17-12/h9-11,13,15H,4-8H2,1-3H3. The second kappa shape index (κ2) is 5.96. The second-order valence-electron chi connectivity index (χ2n) is 5.17. The lowest BCUT2D eigenvalue weighted by Crippen LogP contribution is -2.31. The van der Waals surface area contributed by atoms with Crippen molar-refractivity contribution in [3.63, 3.8) is 0 Å². The molecule has 1 aliphatic carbocycles. The highest BCUT2D eigenvalue weighted by atomic mass is 32.1. The fourth-order valence-corrected chi connectivity index (χ4v) is 3.75. The number of aryl methyl sites for hydroxylation is 1. The predicted octanol–water partition coefficient (Wildman–Crippen LogP) is 3.62. The Hall–Kier alpha value is -0.410. The summed E-state index contributed by atoms with van der Waals surface area (Å²) >= 11 is 1.85. The Morgan fingerprint density at radius 1 is 1.41 bits per heavy atom. The van der Waals surface area contributed by atoms with Crippen molar-refractivity contribution >= 4 is 11.3 Å². The van der Waals surface area contributed by atoms with E-state index in [4.69, 9.17) is 0 Å². The van der Waals surface area contributed by atoms with Gasteiger partial charge in [0, 0.05) is 23.7 Å². The van der Waals surface area contributed by atoms with Crippen LogP contribution in [0.2, 0.25) is 0 Å². The number of nitrogens with one attached hydrogen (secondary N) is 1. The zero-order valence-corrected chi connectivity index (χ0v) is 12.0. The molecule has 1 heterocycles. The topological polar surface area (TPSA) is 24.9 Å². The van der Waals surface area contributed by atoms with Crippen molar-refractivity contribution in [3.05, 3.63) is 16.1 Å². The van der Waals surface area contributed by atoms with Gasteiger partial charge in [-0.25, -0.2) is 4.98 Å². The van der Waals surface area contributed by atoms with E-state index in [1.165, 1.54) is 29.1 Å². The van der Waals surface area contributed by atoms with Gasteiger partial charge in [0.25, 0.3) is 0 Å². The van der Waals surface area contributed by atoms with E-state index in [-0.39, 0.29) is 0 Å². The molecule has 1 fully saturated rings. The van der Waals surface area contributed by atoms with Gasteiger partial charge in [0.2, 0.25) is 0 Å². The van der Waals surface area contributed by atoms with Crippen molar-refractivity contribution < 1.29 is 0 Å². The minimum atomic E-state index is 0.715. The van der Waals surface area contributed by atoms with Crippen molar-refractivity contribution in [2.24, 2.45) is 11.8 Å². The van der Waals surface area contributed by atoms with E-state index in [1.54, 1.807) is 0 Å². The first kappa shape index (κ1) is 13.0. The summed E-state index contributed by atoms with van der Waals surface area (Å²) < 4.78 is 0. The fraction of sp³-hybridized carbons (Fsp3) is 0.786. The van der Waals surface area contributed by atoms with E-state index >= 15 is 0 Å². The van der Waals surface area contributed by atoms with Gasteiger partial charge in [-0.1, -0.05) is 27.2 Å². The highest BCUT2D eigenvalue weighted by molar-refractivity contribution is 7.11. The lowest BCUT2D eigenvalue weighted by molar-refractivity contribution is 0.345. The van der Waals surface area contributed by atoms with Crippen LogP contribution < -0.4 is 5.32 Å². The summed E-state index contributed by atoms with van der Waals surface area (Å²) in [6, 6.07) is 0.715. The number of aromatic nitrogens is 1. The Morgan fingerprint density at radius 3 is 2.82 bits per heavy atom. The maximum Gasteiger partial charge on any atom is 0.0925 e. The molecular weight excluding hydrogens is 228 g/mol. The predicted molar refractivity (Wildman–Crippen MR) is 74.3 cm³/mol. The summed E-state index contributed by atoms with van der Waals surface area (Å²) in [5.41, 5.74) is 0. The van der Waals surface area contributed by atoms with E-state index in [2.05, 4.69) is 31.1 Å². The maximum atomic E-state index is 4.41. The van der Waals surface area contributed by atoms with Crippen molar-refractivity contribution in [3.8, 4) is 0 Å². The summed E-state index contributed by atoms with van der Waals surface area (Å²) in [6.07, 6.45) is 7.17. The minimum absolute atomic E-state index is 0.715. The van der Waals surface area contributed by atoms with Crippen LogP contribution in [0.1, 0.15) is 49.9 Å². The van der Waals surface area contributed by atoms with Gasteiger partial charge in [-0.2, -0.15) is 0 Å². The van der Waals surface area contributed by atoms with Crippen molar-refractivity contribution in [1.82, 2.24) is 10.3 Å². The molecular formula is C14H24N2S. The van der Waals surface area contributed by atoms with Crippen molar-refractivity contribution in [2.45, 2.75) is 59.0 Å². The van der Waals surface area contributed by atoms with E-state index in [0.717, 1.165) is 24.8 Å².